The fraction of sp³-hybridized carbons (Fsp3) is 0.0500. The van der Waals surface area contributed by atoms with Gasteiger partial charge in [0, 0.05) is 29.7 Å². The lowest BCUT2D eigenvalue weighted by Gasteiger charge is -2.05. The van der Waals surface area contributed by atoms with Crippen molar-refractivity contribution in [1.82, 2.24) is 4.57 Å². The van der Waals surface area contributed by atoms with Crippen LogP contribution in [-0.2, 0) is 11.3 Å². The number of aromatic nitrogens is 1. The van der Waals surface area contributed by atoms with Crippen molar-refractivity contribution >= 4 is 22.9 Å². The molecule has 114 valence electrons. The van der Waals surface area contributed by atoms with E-state index in [0.29, 0.717) is 0 Å². The molecule has 0 bridgehead atoms. The summed E-state index contributed by atoms with van der Waals surface area (Å²) in [5.74, 6) is -0.943. The minimum Gasteiger partial charge on any atom is -0.478 e. The Kier molecular flexibility index (Phi) is 4.39. The van der Waals surface area contributed by atoms with Crippen molar-refractivity contribution in [3.05, 3.63) is 90.1 Å². The average Bonchev–Trinajstić information content (AvgIpc) is 2.91. The van der Waals surface area contributed by atoms with Gasteiger partial charge in [0.25, 0.3) is 0 Å². The first-order valence-electron chi connectivity index (χ1n) is 7.43. The Morgan fingerprint density at radius 3 is 2.52 bits per heavy atom. The minimum absolute atomic E-state index is 0.806. The summed E-state index contributed by atoms with van der Waals surface area (Å²) in [6.45, 7) is 0.806. The maximum atomic E-state index is 10.5. The molecule has 3 aromatic rings. The number of hydrogen-bond donors (Lipinski definition) is 1. The predicted molar refractivity (Wildman–Crippen MR) is 93.3 cm³/mol. The standard InChI is InChI=1S/C20H17NO2/c22-20(23)13-7-4-10-17-15-21(14-16-8-2-1-3-9-16)19-12-6-5-11-18(17)19/h1-13,15H,14H2,(H,22,23). The second-order valence-corrected chi connectivity index (χ2v) is 5.27. The highest BCUT2D eigenvalue weighted by molar-refractivity contribution is 5.90. The Bertz CT molecular complexity index is 873. The van der Waals surface area contributed by atoms with Gasteiger partial charge < -0.3 is 9.67 Å². The lowest BCUT2D eigenvalue weighted by Crippen LogP contribution is -1.97. The summed E-state index contributed by atoms with van der Waals surface area (Å²) >= 11 is 0. The first-order chi connectivity index (χ1) is 11.2. The van der Waals surface area contributed by atoms with E-state index >= 15 is 0 Å². The first kappa shape index (κ1) is 14.9. The van der Waals surface area contributed by atoms with Crippen LogP contribution in [0.1, 0.15) is 11.1 Å². The van der Waals surface area contributed by atoms with E-state index in [4.69, 9.17) is 5.11 Å². The van der Waals surface area contributed by atoms with Crippen molar-refractivity contribution in [1.29, 1.82) is 0 Å². The molecule has 3 rings (SSSR count). The zero-order valence-corrected chi connectivity index (χ0v) is 12.6. The Balaban J connectivity index is 1.95. The summed E-state index contributed by atoms with van der Waals surface area (Å²) in [7, 11) is 0. The number of para-hydroxylation sites is 1. The van der Waals surface area contributed by atoms with Crippen LogP contribution in [0.5, 0.6) is 0 Å². The third kappa shape index (κ3) is 3.58. The van der Waals surface area contributed by atoms with Crippen LogP contribution in [-0.4, -0.2) is 15.6 Å². The SMILES string of the molecule is O=C(O)C=CC=Cc1cn(Cc2ccccc2)c2ccccc12. The lowest BCUT2D eigenvalue weighted by atomic mass is 10.1. The van der Waals surface area contributed by atoms with Crippen molar-refractivity contribution in [2.75, 3.05) is 0 Å². The molecule has 23 heavy (non-hydrogen) atoms. The van der Waals surface area contributed by atoms with Crippen LogP contribution in [0.4, 0.5) is 0 Å². The van der Waals surface area contributed by atoms with Crippen LogP contribution in [0, 0.1) is 0 Å². The quantitative estimate of drug-likeness (QED) is 0.562. The summed E-state index contributed by atoms with van der Waals surface area (Å²) < 4.78 is 2.21. The molecule has 0 fully saturated rings. The number of carbonyl (C=O) groups is 1. The summed E-state index contributed by atoms with van der Waals surface area (Å²) in [6, 6.07) is 18.5. The van der Waals surface area contributed by atoms with Crippen LogP contribution >= 0.6 is 0 Å². The Labute approximate surface area is 134 Å². The second kappa shape index (κ2) is 6.79. The van der Waals surface area contributed by atoms with E-state index in [0.717, 1.165) is 23.6 Å². The van der Waals surface area contributed by atoms with E-state index in [1.807, 2.05) is 36.4 Å². The molecular formula is C20H17NO2. The molecule has 0 radical (unpaired) electrons. The molecular weight excluding hydrogens is 286 g/mol. The molecule has 0 unspecified atom stereocenters. The molecule has 1 heterocycles. The molecule has 0 aliphatic heterocycles. The van der Waals surface area contributed by atoms with Gasteiger partial charge >= 0.3 is 5.97 Å². The largest absolute Gasteiger partial charge is 0.478 e. The maximum Gasteiger partial charge on any atom is 0.328 e. The van der Waals surface area contributed by atoms with Crippen molar-refractivity contribution in [2.45, 2.75) is 6.54 Å². The molecule has 0 aliphatic carbocycles. The van der Waals surface area contributed by atoms with Crippen molar-refractivity contribution in [2.24, 2.45) is 0 Å². The number of rotatable bonds is 5. The predicted octanol–water partition coefficient (Wildman–Crippen LogP) is 4.34. The highest BCUT2D eigenvalue weighted by Gasteiger charge is 2.06. The molecule has 0 aliphatic rings. The van der Waals surface area contributed by atoms with Gasteiger partial charge in [0.05, 0.1) is 0 Å². The fourth-order valence-electron chi connectivity index (χ4n) is 2.62. The summed E-state index contributed by atoms with van der Waals surface area (Å²) in [6.07, 6.45) is 8.44. The van der Waals surface area contributed by atoms with E-state index < -0.39 is 5.97 Å². The van der Waals surface area contributed by atoms with Gasteiger partial charge in [0.15, 0.2) is 0 Å². The van der Waals surface area contributed by atoms with Crippen LogP contribution < -0.4 is 0 Å². The van der Waals surface area contributed by atoms with E-state index in [1.54, 1.807) is 6.08 Å². The molecule has 0 saturated carbocycles. The first-order valence-corrected chi connectivity index (χ1v) is 7.43. The monoisotopic (exact) mass is 303 g/mol. The normalized spacial score (nSPS) is 11.7. The molecule has 0 saturated heterocycles. The third-order valence-electron chi connectivity index (χ3n) is 3.64. The molecule has 1 N–H and O–H groups in total. The van der Waals surface area contributed by atoms with Gasteiger partial charge in [0.1, 0.15) is 0 Å². The highest BCUT2D eigenvalue weighted by atomic mass is 16.4. The van der Waals surface area contributed by atoms with Gasteiger partial charge in [-0.1, -0.05) is 66.8 Å². The lowest BCUT2D eigenvalue weighted by molar-refractivity contribution is -0.131. The molecule has 1 aromatic heterocycles. The average molecular weight is 303 g/mol. The number of aliphatic carboxylic acids is 1. The molecule has 0 atom stereocenters. The maximum absolute atomic E-state index is 10.5. The van der Waals surface area contributed by atoms with Gasteiger partial charge in [-0.15, -0.1) is 0 Å². The summed E-state index contributed by atoms with van der Waals surface area (Å²) in [5, 5.41) is 9.78. The molecule has 3 heteroatoms. The van der Waals surface area contributed by atoms with Gasteiger partial charge in [-0.05, 0) is 17.2 Å². The number of benzene rings is 2. The van der Waals surface area contributed by atoms with Crippen LogP contribution in [0.25, 0.3) is 17.0 Å². The number of hydrogen-bond acceptors (Lipinski definition) is 1. The molecule has 0 spiro atoms. The summed E-state index contributed by atoms with van der Waals surface area (Å²) in [5.41, 5.74) is 3.49. The molecule has 2 aromatic carbocycles. The summed E-state index contributed by atoms with van der Waals surface area (Å²) in [4.78, 5) is 10.5. The topological polar surface area (TPSA) is 42.2 Å². The van der Waals surface area contributed by atoms with Crippen molar-refractivity contribution in [3.63, 3.8) is 0 Å². The van der Waals surface area contributed by atoms with E-state index in [1.165, 1.54) is 17.2 Å². The van der Waals surface area contributed by atoms with Gasteiger partial charge in [0.2, 0.25) is 0 Å². The van der Waals surface area contributed by atoms with Crippen LogP contribution in [0.2, 0.25) is 0 Å². The van der Waals surface area contributed by atoms with E-state index in [-0.39, 0.29) is 0 Å². The van der Waals surface area contributed by atoms with Gasteiger partial charge in [-0.2, -0.15) is 0 Å². The zero-order chi connectivity index (χ0) is 16.1. The zero-order valence-electron chi connectivity index (χ0n) is 12.6. The number of fused-ring (bicyclic) bond motifs is 1. The Hall–Kier alpha value is -3.07. The van der Waals surface area contributed by atoms with Gasteiger partial charge in [-0.25, -0.2) is 4.79 Å². The van der Waals surface area contributed by atoms with Crippen molar-refractivity contribution in [3.8, 4) is 0 Å². The van der Waals surface area contributed by atoms with E-state index in [2.05, 4.69) is 35.0 Å². The van der Waals surface area contributed by atoms with Crippen LogP contribution in [0.3, 0.4) is 0 Å². The third-order valence-corrected chi connectivity index (χ3v) is 3.64. The number of carboxylic acid groups (broad SMARTS) is 1. The Morgan fingerprint density at radius 2 is 1.74 bits per heavy atom. The smallest absolute Gasteiger partial charge is 0.328 e. The molecule has 3 nitrogen and oxygen atoms in total. The number of carboxylic acids is 1. The van der Waals surface area contributed by atoms with Crippen LogP contribution in [0.15, 0.2) is 79.0 Å². The number of allylic oxidation sites excluding steroid dienone is 2. The number of nitrogens with zero attached hydrogens (tertiary/aromatic N) is 1. The van der Waals surface area contributed by atoms with Gasteiger partial charge in [-0.3, -0.25) is 0 Å². The van der Waals surface area contributed by atoms with Crippen molar-refractivity contribution < 1.29 is 9.90 Å². The highest BCUT2D eigenvalue weighted by Crippen LogP contribution is 2.23. The Morgan fingerprint density at radius 1 is 1.00 bits per heavy atom. The minimum atomic E-state index is -0.943. The fourth-order valence-corrected chi connectivity index (χ4v) is 2.62. The second-order valence-electron chi connectivity index (χ2n) is 5.27. The van der Waals surface area contributed by atoms with E-state index in [9.17, 15) is 4.79 Å². The molecule has 0 amide bonds.